The van der Waals surface area contributed by atoms with Gasteiger partial charge in [0.1, 0.15) is 6.61 Å². The number of ether oxygens (including phenoxy) is 2. The molecule has 0 aromatic heterocycles. The smallest absolute Gasteiger partial charge is 0.269 e. The highest BCUT2D eigenvalue weighted by Gasteiger charge is 2.12. The van der Waals surface area contributed by atoms with Crippen molar-refractivity contribution in [3.05, 3.63) is 95.9 Å². The Morgan fingerprint density at radius 2 is 1.84 bits per heavy atom. The lowest BCUT2D eigenvalue weighted by molar-refractivity contribution is -0.384. The lowest BCUT2D eigenvalue weighted by Crippen LogP contribution is -2.07. The topological polar surface area (TPSA) is 86.0 Å². The van der Waals surface area contributed by atoms with Gasteiger partial charge in [-0.3, -0.25) is 10.1 Å². The first-order valence-electron chi connectivity index (χ1n) is 9.31. The van der Waals surface area contributed by atoms with Crippen molar-refractivity contribution in [3.8, 4) is 11.5 Å². The van der Waals surface area contributed by atoms with Crippen molar-refractivity contribution in [2.24, 2.45) is 5.10 Å². The van der Waals surface area contributed by atoms with Gasteiger partial charge < -0.3 is 14.9 Å². The largest absolute Gasteiger partial charge is 0.493 e. The van der Waals surface area contributed by atoms with Crippen molar-refractivity contribution in [3.63, 3.8) is 0 Å². The van der Waals surface area contributed by atoms with E-state index in [2.05, 4.69) is 26.5 Å². The van der Waals surface area contributed by atoms with E-state index in [1.807, 2.05) is 6.07 Å². The predicted octanol–water partition coefficient (Wildman–Crippen LogP) is 6.38. The van der Waals surface area contributed by atoms with E-state index in [1.54, 1.807) is 49.7 Å². The van der Waals surface area contributed by atoms with Gasteiger partial charge in [-0.15, -0.1) is 0 Å². The van der Waals surface area contributed by atoms with E-state index < -0.39 is 4.92 Å². The molecule has 7 nitrogen and oxygen atoms in total. The second kappa shape index (κ2) is 11.2. The molecule has 0 aliphatic rings. The van der Waals surface area contributed by atoms with E-state index in [1.165, 1.54) is 12.1 Å². The Hall–Kier alpha value is -2.81. The molecular weight excluding hydrogens is 521 g/mol. The van der Waals surface area contributed by atoms with Gasteiger partial charge in [-0.1, -0.05) is 29.3 Å². The standard InChI is InChI=1S/C22H18BrCl2N3O4/c1-31-21-10-15(11-26-27-12-17-19(24)3-2-4-20(17)25)9-18(23)22(21)32-13-14-5-7-16(8-6-14)28(29)30/h2-11,27H,12-13H2,1H3/b26-11-. The number of nitrogens with zero attached hydrogens (tertiary/aromatic N) is 2. The quantitative estimate of drug-likeness (QED) is 0.194. The van der Waals surface area contributed by atoms with Crippen LogP contribution >= 0.6 is 39.1 Å². The van der Waals surface area contributed by atoms with Crippen LogP contribution in [0.15, 0.2) is 64.2 Å². The first-order valence-corrected chi connectivity index (χ1v) is 10.9. The Labute approximate surface area is 203 Å². The molecule has 0 fully saturated rings. The minimum absolute atomic E-state index is 0.0292. The molecule has 3 rings (SSSR count). The Balaban J connectivity index is 1.66. The Morgan fingerprint density at radius 1 is 1.16 bits per heavy atom. The van der Waals surface area contributed by atoms with Crippen molar-refractivity contribution in [2.75, 3.05) is 7.11 Å². The van der Waals surface area contributed by atoms with Gasteiger partial charge in [0.2, 0.25) is 0 Å². The Kier molecular flexibility index (Phi) is 8.33. The monoisotopic (exact) mass is 537 g/mol. The second-order valence-electron chi connectivity index (χ2n) is 6.54. The van der Waals surface area contributed by atoms with Gasteiger partial charge in [-0.2, -0.15) is 5.10 Å². The lowest BCUT2D eigenvalue weighted by Gasteiger charge is -2.13. The number of rotatable bonds is 9. The van der Waals surface area contributed by atoms with Gasteiger partial charge in [0.15, 0.2) is 11.5 Å². The number of nitrogens with one attached hydrogen (secondary N) is 1. The number of hydrogen-bond acceptors (Lipinski definition) is 6. The van der Waals surface area contributed by atoms with Crippen LogP contribution in [-0.4, -0.2) is 18.2 Å². The maximum atomic E-state index is 10.8. The summed E-state index contributed by atoms with van der Waals surface area (Å²) in [5.74, 6) is 1.02. The summed E-state index contributed by atoms with van der Waals surface area (Å²) in [6, 6.07) is 15.1. The average molecular weight is 539 g/mol. The van der Waals surface area contributed by atoms with E-state index in [-0.39, 0.29) is 12.3 Å². The van der Waals surface area contributed by atoms with Gasteiger partial charge in [-0.25, -0.2) is 0 Å². The molecule has 0 unspecified atom stereocenters. The molecule has 10 heteroatoms. The van der Waals surface area contributed by atoms with Gasteiger partial charge in [0.25, 0.3) is 5.69 Å². The number of halogens is 3. The maximum Gasteiger partial charge on any atom is 0.269 e. The summed E-state index contributed by atoms with van der Waals surface area (Å²) < 4.78 is 12.0. The van der Waals surface area contributed by atoms with Crippen LogP contribution in [0.4, 0.5) is 5.69 Å². The van der Waals surface area contributed by atoms with Crippen molar-refractivity contribution >= 4 is 51.0 Å². The molecule has 0 bridgehead atoms. The van der Waals surface area contributed by atoms with Crippen molar-refractivity contribution in [2.45, 2.75) is 13.2 Å². The summed E-state index contributed by atoms with van der Waals surface area (Å²) in [5, 5.41) is 16.1. The molecule has 3 aromatic rings. The van der Waals surface area contributed by atoms with Gasteiger partial charge in [0, 0.05) is 27.7 Å². The van der Waals surface area contributed by atoms with E-state index in [0.29, 0.717) is 32.6 Å². The summed E-state index contributed by atoms with van der Waals surface area (Å²) in [5.41, 5.74) is 5.28. The van der Waals surface area contributed by atoms with Crippen molar-refractivity contribution in [1.82, 2.24) is 5.43 Å². The van der Waals surface area contributed by atoms with Gasteiger partial charge in [0.05, 0.1) is 29.3 Å². The van der Waals surface area contributed by atoms with Crippen molar-refractivity contribution < 1.29 is 14.4 Å². The van der Waals surface area contributed by atoms with Crippen LogP contribution in [0.2, 0.25) is 10.0 Å². The highest BCUT2D eigenvalue weighted by molar-refractivity contribution is 9.10. The summed E-state index contributed by atoms with van der Waals surface area (Å²) in [6.07, 6.45) is 1.64. The number of hydrazone groups is 1. The maximum absolute atomic E-state index is 10.8. The minimum atomic E-state index is -0.442. The first kappa shape index (κ1) is 23.8. The van der Waals surface area contributed by atoms with Crippen LogP contribution < -0.4 is 14.9 Å². The molecule has 0 aliphatic heterocycles. The minimum Gasteiger partial charge on any atom is -0.493 e. The molecule has 0 saturated heterocycles. The summed E-state index contributed by atoms with van der Waals surface area (Å²) in [4.78, 5) is 10.3. The molecule has 0 saturated carbocycles. The number of hydrogen-bond donors (Lipinski definition) is 1. The Morgan fingerprint density at radius 3 is 2.47 bits per heavy atom. The molecule has 3 aromatic carbocycles. The average Bonchev–Trinajstić information content (AvgIpc) is 2.77. The van der Waals surface area contributed by atoms with E-state index in [0.717, 1.165) is 16.7 Å². The van der Waals surface area contributed by atoms with Crippen LogP contribution in [-0.2, 0) is 13.2 Å². The molecule has 32 heavy (non-hydrogen) atoms. The lowest BCUT2D eigenvalue weighted by atomic mass is 10.2. The van der Waals surface area contributed by atoms with Gasteiger partial charge >= 0.3 is 0 Å². The van der Waals surface area contributed by atoms with E-state index in [9.17, 15) is 10.1 Å². The highest BCUT2D eigenvalue weighted by atomic mass is 79.9. The number of methoxy groups -OCH3 is 1. The normalized spacial score (nSPS) is 10.9. The zero-order chi connectivity index (χ0) is 23.1. The number of nitro benzene ring substituents is 1. The fourth-order valence-corrected chi connectivity index (χ4v) is 3.88. The predicted molar refractivity (Wildman–Crippen MR) is 129 cm³/mol. The van der Waals surface area contributed by atoms with E-state index in [4.69, 9.17) is 32.7 Å². The SMILES string of the molecule is COc1cc(/C=N\NCc2c(Cl)cccc2Cl)cc(Br)c1OCc1ccc([N+](=O)[O-])cc1. The number of nitro groups is 1. The number of benzene rings is 3. The third kappa shape index (κ3) is 6.12. The van der Waals surface area contributed by atoms with Crippen LogP contribution in [0.3, 0.4) is 0 Å². The number of non-ortho nitro benzene ring substituents is 1. The molecule has 0 radical (unpaired) electrons. The molecular formula is C22H18BrCl2N3O4. The molecule has 1 N–H and O–H groups in total. The second-order valence-corrected chi connectivity index (χ2v) is 8.21. The summed E-state index contributed by atoms with van der Waals surface area (Å²) in [7, 11) is 1.54. The molecule has 0 heterocycles. The molecule has 0 atom stereocenters. The third-order valence-corrected chi connectivity index (χ3v) is 5.70. The van der Waals surface area contributed by atoms with Crippen LogP contribution in [0.25, 0.3) is 0 Å². The fraction of sp³-hybridized carbons (Fsp3) is 0.136. The molecule has 0 spiro atoms. The van der Waals surface area contributed by atoms with E-state index >= 15 is 0 Å². The molecule has 0 amide bonds. The van der Waals surface area contributed by atoms with Crippen LogP contribution in [0, 0.1) is 10.1 Å². The van der Waals surface area contributed by atoms with Crippen molar-refractivity contribution in [1.29, 1.82) is 0 Å². The molecule has 166 valence electrons. The highest BCUT2D eigenvalue weighted by Crippen LogP contribution is 2.37. The van der Waals surface area contributed by atoms with Gasteiger partial charge in [-0.05, 0) is 63.5 Å². The summed E-state index contributed by atoms with van der Waals surface area (Å²) >= 11 is 15.8. The molecule has 0 aliphatic carbocycles. The zero-order valence-corrected chi connectivity index (χ0v) is 19.9. The first-order chi connectivity index (χ1) is 15.4. The fourth-order valence-electron chi connectivity index (χ4n) is 2.77. The van der Waals surface area contributed by atoms with Crippen LogP contribution in [0.5, 0.6) is 11.5 Å². The van der Waals surface area contributed by atoms with Crippen LogP contribution in [0.1, 0.15) is 16.7 Å². The Bertz CT molecular complexity index is 1120. The zero-order valence-electron chi connectivity index (χ0n) is 16.8. The third-order valence-electron chi connectivity index (χ3n) is 4.40. The summed E-state index contributed by atoms with van der Waals surface area (Å²) in [6.45, 7) is 0.601.